The molecule has 0 atom stereocenters. The van der Waals surface area contributed by atoms with Crippen LogP contribution in [0.2, 0.25) is 0 Å². The Morgan fingerprint density at radius 1 is 1.09 bits per heavy atom. The number of carboxylic acids is 1. The second-order valence-corrected chi connectivity index (χ2v) is 4.92. The van der Waals surface area contributed by atoms with E-state index in [1.54, 1.807) is 18.2 Å². The SMILES string of the molecule is O=C(O)c1cnc2cc(OCc3ccc(F)c(F)c3)ccc2c1. The molecular weight excluding hydrogens is 304 g/mol. The Morgan fingerprint density at radius 3 is 2.65 bits per heavy atom. The molecule has 1 heterocycles. The zero-order valence-electron chi connectivity index (χ0n) is 11.8. The molecule has 3 aromatic rings. The lowest BCUT2D eigenvalue weighted by Crippen LogP contribution is -1.98. The number of rotatable bonds is 4. The van der Waals surface area contributed by atoms with E-state index in [1.807, 2.05) is 0 Å². The normalized spacial score (nSPS) is 10.7. The molecule has 0 amide bonds. The third kappa shape index (κ3) is 3.26. The first-order chi connectivity index (χ1) is 11.0. The number of carbonyl (C=O) groups is 1. The van der Waals surface area contributed by atoms with Gasteiger partial charge in [0.05, 0.1) is 11.1 Å². The molecule has 0 unspecified atom stereocenters. The average molecular weight is 315 g/mol. The van der Waals surface area contributed by atoms with Crippen LogP contribution in [0.1, 0.15) is 15.9 Å². The smallest absolute Gasteiger partial charge is 0.337 e. The highest BCUT2D eigenvalue weighted by atomic mass is 19.2. The van der Waals surface area contributed by atoms with E-state index < -0.39 is 17.6 Å². The number of aromatic nitrogens is 1. The summed E-state index contributed by atoms with van der Waals surface area (Å²) in [7, 11) is 0. The summed E-state index contributed by atoms with van der Waals surface area (Å²) in [6.07, 6.45) is 1.27. The van der Waals surface area contributed by atoms with Crippen molar-refractivity contribution >= 4 is 16.9 Å². The molecule has 4 nitrogen and oxygen atoms in total. The molecule has 1 N–H and O–H groups in total. The fraction of sp³-hybridized carbons (Fsp3) is 0.0588. The van der Waals surface area contributed by atoms with Crippen molar-refractivity contribution in [3.63, 3.8) is 0 Å². The molecule has 23 heavy (non-hydrogen) atoms. The Bertz CT molecular complexity index is 896. The van der Waals surface area contributed by atoms with Crippen LogP contribution >= 0.6 is 0 Å². The van der Waals surface area contributed by atoms with Gasteiger partial charge in [0.25, 0.3) is 0 Å². The van der Waals surface area contributed by atoms with E-state index >= 15 is 0 Å². The number of pyridine rings is 1. The summed E-state index contributed by atoms with van der Waals surface area (Å²) in [5, 5.41) is 9.60. The van der Waals surface area contributed by atoms with E-state index in [-0.39, 0.29) is 12.2 Å². The number of benzene rings is 2. The van der Waals surface area contributed by atoms with Crippen LogP contribution in [-0.4, -0.2) is 16.1 Å². The van der Waals surface area contributed by atoms with Gasteiger partial charge in [-0.1, -0.05) is 6.07 Å². The molecule has 0 saturated carbocycles. The predicted molar refractivity (Wildman–Crippen MR) is 79.4 cm³/mol. The molecule has 1 aromatic heterocycles. The van der Waals surface area contributed by atoms with Gasteiger partial charge in [-0.3, -0.25) is 4.98 Å². The lowest BCUT2D eigenvalue weighted by molar-refractivity contribution is 0.0696. The Morgan fingerprint density at radius 2 is 1.91 bits per heavy atom. The van der Waals surface area contributed by atoms with E-state index in [2.05, 4.69) is 4.98 Å². The first kappa shape index (κ1) is 14.9. The monoisotopic (exact) mass is 315 g/mol. The lowest BCUT2D eigenvalue weighted by Gasteiger charge is -2.08. The van der Waals surface area contributed by atoms with Gasteiger partial charge in [-0.05, 0) is 35.9 Å². The first-order valence-corrected chi connectivity index (χ1v) is 6.73. The van der Waals surface area contributed by atoms with Gasteiger partial charge in [-0.15, -0.1) is 0 Å². The highest BCUT2D eigenvalue weighted by Crippen LogP contribution is 2.21. The van der Waals surface area contributed by atoms with Gasteiger partial charge >= 0.3 is 5.97 Å². The van der Waals surface area contributed by atoms with Gasteiger partial charge in [0.1, 0.15) is 12.4 Å². The van der Waals surface area contributed by atoms with Crippen LogP contribution < -0.4 is 4.74 Å². The number of halogens is 2. The van der Waals surface area contributed by atoms with Crippen molar-refractivity contribution in [2.75, 3.05) is 0 Å². The Labute approximate surface area is 130 Å². The molecule has 0 fully saturated rings. The lowest BCUT2D eigenvalue weighted by atomic mass is 10.1. The molecule has 0 aliphatic rings. The number of fused-ring (bicyclic) bond motifs is 1. The summed E-state index contributed by atoms with van der Waals surface area (Å²) in [5.74, 6) is -2.37. The number of aromatic carboxylic acids is 1. The molecular formula is C17H11F2NO3. The number of hydrogen-bond donors (Lipinski definition) is 1. The van der Waals surface area contributed by atoms with Gasteiger partial charge < -0.3 is 9.84 Å². The molecule has 116 valence electrons. The summed E-state index contributed by atoms with van der Waals surface area (Å²) >= 11 is 0. The van der Waals surface area contributed by atoms with Crippen molar-refractivity contribution in [2.45, 2.75) is 6.61 Å². The molecule has 0 aliphatic carbocycles. The van der Waals surface area contributed by atoms with Crippen molar-refractivity contribution < 1.29 is 23.4 Å². The standard InChI is InChI=1S/C17H11F2NO3/c18-14-4-1-10(5-15(14)19)9-23-13-3-2-11-6-12(17(21)22)8-20-16(11)7-13/h1-8H,9H2,(H,21,22). The van der Waals surface area contributed by atoms with Crippen molar-refractivity contribution in [2.24, 2.45) is 0 Å². The maximum atomic E-state index is 13.1. The van der Waals surface area contributed by atoms with Crippen LogP contribution in [0.3, 0.4) is 0 Å². The van der Waals surface area contributed by atoms with Crippen LogP contribution in [0.4, 0.5) is 8.78 Å². The second kappa shape index (κ2) is 6.00. The highest BCUT2D eigenvalue weighted by Gasteiger charge is 2.07. The number of hydrogen-bond acceptors (Lipinski definition) is 3. The van der Waals surface area contributed by atoms with Gasteiger partial charge in [0.15, 0.2) is 11.6 Å². The Kier molecular flexibility index (Phi) is 3.89. The quantitative estimate of drug-likeness (QED) is 0.796. The maximum absolute atomic E-state index is 13.1. The van der Waals surface area contributed by atoms with E-state index in [4.69, 9.17) is 9.84 Å². The average Bonchev–Trinajstić information content (AvgIpc) is 2.55. The minimum atomic E-state index is -1.04. The van der Waals surface area contributed by atoms with Gasteiger partial charge in [-0.25, -0.2) is 13.6 Å². The van der Waals surface area contributed by atoms with Crippen molar-refractivity contribution in [3.8, 4) is 5.75 Å². The van der Waals surface area contributed by atoms with E-state index in [1.165, 1.54) is 18.3 Å². The highest BCUT2D eigenvalue weighted by molar-refractivity contribution is 5.92. The first-order valence-electron chi connectivity index (χ1n) is 6.73. The van der Waals surface area contributed by atoms with E-state index in [0.29, 0.717) is 22.2 Å². The molecule has 0 aliphatic heterocycles. The van der Waals surface area contributed by atoms with Crippen molar-refractivity contribution in [1.82, 2.24) is 4.98 Å². The second-order valence-electron chi connectivity index (χ2n) is 4.92. The summed E-state index contributed by atoms with van der Waals surface area (Å²) in [6, 6.07) is 10.1. The van der Waals surface area contributed by atoms with Crippen LogP contribution in [0.15, 0.2) is 48.7 Å². The number of carboxylic acid groups (broad SMARTS) is 1. The minimum absolute atomic E-state index is 0.0793. The Balaban J connectivity index is 1.79. The summed E-state index contributed by atoms with van der Waals surface area (Å²) in [4.78, 5) is 15.0. The Hall–Kier alpha value is -3.02. The summed E-state index contributed by atoms with van der Waals surface area (Å²) in [5.41, 5.74) is 1.18. The fourth-order valence-electron chi connectivity index (χ4n) is 2.10. The molecule has 0 bridgehead atoms. The van der Waals surface area contributed by atoms with Gasteiger partial charge in [-0.2, -0.15) is 0 Å². The predicted octanol–water partition coefficient (Wildman–Crippen LogP) is 3.79. The molecule has 0 saturated heterocycles. The molecule has 6 heteroatoms. The largest absolute Gasteiger partial charge is 0.489 e. The van der Waals surface area contributed by atoms with E-state index in [0.717, 1.165) is 12.1 Å². The number of nitrogens with zero attached hydrogens (tertiary/aromatic N) is 1. The minimum Gasteiger partial charge on any atom is -0.489 e. The summed E-state index contributed by atoms with van der Waals surface area (Å²) in [6.45, 7) is 0.0793. The zero-order chi connectivity index (χ0) is 16.4. The fourth-order valence-corrected chi connectivity index (χ4v) is 2.10. The van der Waals surface area contributed by atoms with Crippen LogP contribution in [0, 0.1) is 11.6 Å². The van der Waals surface area contributed by atoms with E-state index in [9.17, 15) is 13.6 Å². The molecule has 0 radical (unpaired) electrons. The van der Waals surface area contributed by atoms with Crippen molar-refractivity contribution in [1.29, 1.82) is 0 Å². The third-order valence-corrected chi connectivity index (χ3v) is 3.29. The summed E-state index contributed by atoms with van der Waals surface area (Å²) < 4.78 is 31.5. The molecule has 2 aromatic carbocycles. The molecule has 0 spiro atoms. The van der Waals surface area contributed by atoms with Gasteiger partial charge in [0.2, 0.25) is 0 Å². The van der Waals surface area contributed by atoms with Crippen LogP contribution in [0.5, 0.6) is 5.75 Å². The maximum Gasteiger partial charge on any atom is 0.337 e. The van der Waals surface area contributed by atoms with Gasteiger partial charge in [0, 0.05) is 17.6 Å². The molecule has 3 rings (SSSR count). The third-order valence-electron chi connectivity index (χ3n) is 3.29. The van der Waals surface area contributed by atoms with Crippen LogP contribution in [0.25, 0.3) is 10.9 Å². The number of ether oxygens (including phenoxy) is 1. The zero-order valence-corrected chi connectivity index (χ0v) is 11.8. The van der Waals surface area contributed by atoms with Crippen molar-refractivity contribution in [3.05, 3.63) is 71.4 Å². The topological polar surface area (TPSA) is 59.4 Å². The van der Waals surface area contributed by atoms with Crippen LogP contribution in [-0.2, 0) is 6.61 Å².